The average molecular weight is 406 g/mol. The minimum Gasteiger partial charge on any atom is -0.465 e. The summed E-state index contributed by atoms with van der Waals surface area (Å²) in [7, 11) is 1.31. The van der Waals surface area contributed by atoms with Gasteiger partial charge in [0.1, 0.15) is 0 Å². The van der Waals surface area contributed by atoms with Crippen LogP contribution < -0.4 is 4.31 Å². The van der Waals surface area contributed by atoms with Crippen molar-refractivity contribution in [2.45, 2.75) is 6.54 Å². The van der Waals surface area contributed by atoms with Gasteiger partial charge >= 0.3 is 5.97 Å². The summed E-state index contributed by atoms with van der Waals surface area (Å²) in [6.07, 6.45) is 0. The standard InChI is InChI=1S/C22H18N2O4S/c1-28-22(25)20-4-2-3-17(13-20)15-24(29(26)27)21-11-9-19(10-12-21)18-7-5-16(14-23)6-8-18/h2-13H,15H2,1H3,(H,26,27). The first-order chi connectivity index (χ1) is 14.0. The summed E-state index contributed by atoms with van der Waals surface area (Å²) in [5.74, 6) is -0.463. The number of rotatable bonds is 6. The average Bonchev–Trinajstić information content (AvgIpc) is 2.77. The van der Waals surface area contributed by atoms with Gasteiger partial charge in [-0.2, -0.15) is 5.26 Å². The van der Waals surface area contributed by atoms with Crippen molar-refractivity contribution in [2.75, 3.05) is 11.4 Å². The third kappa shape index (κ3) is 4.88. The maximum Gasteiger partial charge on any atom is 0.337 e. The molecule has 1 unspecified atom stereocenters. The molecule has 0 aliphatic heterocycles. The maximum atomic E-state index is 11.9. The van der Waals surface area contributed by atoms with Crippen LogP contribution in [0.5, 0.6) is 0 Å². The van der Waals surface area contributed by atoms with Gasteiger partial charge in [-0.1, -0.05) is 36.4 Å². The van der Waals surface area contributed by atoms with E-state index in [2.05, 4.69) is 6.07 Å². The summed E-state index contributed by atoms with van der Waals surface area (Å²) in [5.41, 5.74) is 4.09. The Balaban J connectivity index is 1.83. The van der Waals surface area contributed by atoms with Crippen LogP contribution in [-0.4, -0.2) is 21.8 Å². The second-order valence-corrected chi connectivity index (χ2v) is 7.10. The lowest BCUT2D eigenvalue weighted by Gasteiger charge is -2.20. The molecule has 3 rings (SSSR count). The van der Waals surface area contributed by atoms with Crippen LogP contribution in [0.1, 0.15) is 21.5 Å². The molecule has 3 aromatic carbocycles. The van der Waals surface area contributed by atoms with E-state index in [1.165, 1.54) is 11.4 Å². The van der Waals surface area contributed by atoms with Gasteiger partial charge < -0.3 is 4.74 Å². The molecule has 0 spiro atoms. The third-order valence-electron chi connectivity index (χ3n) is 4.37. The highest BCUT2D eigenvalue weighted by Crippen LogP contribution is 2.25. The second-order valence-electron chi connectivity index (χ2n) is 6.20. The smallest absolute Gasteiger partial charge is 0.337 e. The largest absolute Gasteiger partial charge is 0.465 e. The van der Waals surface area contributed by atoms with E-state index >= 15 is 0 Å². The summed E-state index contributed by atoms with van der Waals surface area (Å²) in [4.78, 5) is 11.7. The Morgan fingerprint density at radius 3 is 2.24 bits per heavy atom. The maximum absolute atomic E-state index is 11.9. The number of carbonyl (C=O) groups excluding carboxylic acids is 1. The fraction of sp³-hybridized carbons (Fsp3) is 0.0909. The van der Waals surface area contributed by atoms with Gasteiger partial charge in [0.2, 0.25) is 0 Å². The zero-order chi connectivity index (χ0) is 20.8. The van der Waals surface area contributed by atoms with Crippen molar-refractivity contribution >= 4 is 22.9 Å². The van der Waals surface area contributed by atoms with Crippen molar-refractivity contribution in [3.8, 4) is 17.2 Å². The quantitative estimate of drug-likeness (QED) is 0.490. The van der Waals surface area contributed by atoms with Crippen LogP contribution >= 0.6 is 0 Å². The Bertz CT molecular complexity index is 1070. The normalized spacial score (nSPS) is 11.3. The lowest BCUT2D eigenvalue weighted by atomic mass is 10.0. The molecule has 3 aromatic rings. The molecule has 0 aromatic heterocycles. The van der Waals surface area contributed by atoms with Crippen LogP contribution in [-0.2, 0) is 22.5 Å². The van der Waals surface area contributed by atoms with Gasteiger partial charge in [0.15, 0.2) is 0 Å². The van der Waals surface area contributed by atoms with E-state index in [0.717, 1.165) is 11.1 Å². The number of benzene rings is 3. The Labute approximate surface area is 171 Å². The van der Waals surface area contributed by atoms with Gasteiger partial charge in [-0.3, -0.25) is 8.86 Å². The van der Waals surface area contributed by atoms with E-state index < -0.39 is 17.2 Å². The molecule has 0 amide bonds. The van der Waals surface area contributed by atoms with Crippen molar-refractivity contribution in [1.82, 2.24) is 0 Å². The van der Waals surface area contributed by atoms with Gasteiger partial charge in [0.25, 0.3) is 11.3 Å². The van der Waals surface area contributed by atoms with Crippen molar-refractivity contribution in [3.05, 3.63) is 89.5 Å². The number of hydrogen-bond acceptors (Lipinski definition) is 4. The summed E-state index contributed by atoms with van der Waals surface area (Å²) in [5, 5.41) is 8.90. The first kappa shape index (κ1) is 20.3. The Kier molecular flexibility index (Phi) is 6.39. The van der Waals surface area contributed by atoms with Crippen molar-refractivity contribution in [2.24, 2.45) is 0 Å². The molecule has 7 heteroatoms. The minimum atomic E-state index is -2.25. The minimum absolute atomic E-state index is 0.143. The summed E-state index contributed by atoms with van der Waals surface area (Å²) in [6.45, 7) is 0.143. The highest BCUT2D eigenvalue weighted by Gasteiger charge is 2.15. The van der Waals surface area contributed by atoms with E-state index in [4.69, 9.17) is 10.00 Å². The van der Waals surface area contributed by atoms with E-state index in [1.54, 1.807) is 48.5 Å². The van der Waals surface area contributed by atoms with E-state index in [0.29, 0.717) is 22.4 Å². The molecule has 0 fully saturated rings. The molecule has 1 atom stereocenters. The second kappa shape index (κ2) is 9.15. The predicted octanol–water partition coefficient (Wildman–Crippen LogP) is 4.16. The Morgan fingerprint density at radius 2 is 1.69 bits per heavy atom. The molecule has 29 heavy (non-hydrogen) atoms. The highest BCUT2D eigenvalue weighted by molar-refractivity contribution is 7.80. The Hall–Kier alpha value is -3.47. The number of esters is 1. The molecule has 0 saturated carbocycles. The van der Waals surface area contributed by atoms with Crippen LogP contribution in [0.4, 0.5) is 5.69 Å². The van der Waals surface area contributed by atoms with Crippen molar-refractivity contribution < 1.29 is 18.3 Å². The zero-order valence-electron chi connectivity index (χ0n) is 15.6. The molecule has 1 N–H and O–H groups in total. The van der Waals surface area contributed by atoms with Gasteiger partial charge in [0, 0.05) is 0 Å². The molecule has 146 valence electrons. The molecule has 0 bridgehead atoms. The summed E-state index contributed by atoms with van der Waals surface area (Å²) >= 11 is -2.25. The molecule has 0 aliphatic carbocycles. The number of anilines is 1. The van der Waals surface area contributed by atoms with Crippen molar-refractivity contribution in [1.29, 1.82) is 5.26 Å². The van der Waals surface area contributed by atoms with Crippen LogP contribution in [0, 0.1) is 11.3 Å². The molecule has 6 nitrogen and oxygen atoms in total. The van der Waals surface area contributed by atoms with E-state index in [-0.39, 0.29) is 6.54 Å². The summed E-state index contributed by atoms with van der Waals surface area (Å²) in [6, 6.07) is 23.2. The zero-order valence-corrected chi connectivity index (χ0v) is 16.4. The molecular weight excluding hydrogens is 388 g/mol. The van der Waals surface area contributed by atoms with Crippen LogP contribution in [0.25, 0.3) is 11.1 Å². The number of carbonyl (C=O) groups is 1. The lowest BCUT2D eigenvalue weighted by Crippen LogP contribution is -2.24. The fourth-order valence-electron chi connectivity index (χ4n) is 2.87. The Morgan fingerprint density at radius 1 is 1.07 bits per heavy atom. The number of methoxy groups -OCH3 is 1. The molecule has 0 aliphatic rings. The van der Waals surface area contributed by atoms with Crippen LogP contribution in [0.2, 0.25) is 0 Å². The monoisotopic (exact) mass is 406 g/mol. The van der Waals surface area contributed by atoms with Crippen LogP contribution in [0.3, 0.4) is 0 Å². The first-order valence-corrected chi connectivity index (χ1v) is 9.74. The van der Waals surface area contributed by atoms with Gasteiger partial charge in [0.05, 0.1) is 36.5 Å². The van der Waals surface area contributed by atoms with Gasteiger partial charge in [-0.25, -0.2) is 9.00 Å². The molecule has 0 saturated heterocycles. The van der Waals surface area contributed by atoms with Crippen molar-refractivity contribution in [3.63, 3.8) is 0 Å². The molecular formula is C22H18N2O4S. The highest BCUT2D eigenvalue weighted by atomic mass is 32.2. The number of nitrogens with zero attached hydrogens (tertiary/aromatic N) is 2. The van der Waals surface area contributed by atoms with Crippen LogP contribution in [0.15, 0.2) is 72.8 Å². The number of hydrogen-bond donors (Lipinski definition) is 1. The van der Waals surface area contributed by atoms with E-state index in [1.807, 2.05) is 24.3 Å². The predicted molar refractivity (Wildman–Crippen MR) is 111 cm³/mol. The third-order valence-corrected chi connectivity index (χ3v) is 5.08. The topological polar surface area (TPSA) is 90.6 Å². The molecule has 0 heterocycles. The summed E-state index contributed by atoms with van der Waals surface area (Å²) < 4.78 is 27.7. The van der Waals surface area contributed by atoms with E-state index in [9.17, 15) is 13.6 Å². The number of ether oxygens (including phenoxy) is 1. The number of nitriles is 1. The van der Waals surface area contributed by atoms with Gasteiger partial charge in [-0.05, 0) is 53.1 Å². The SMILES string of the molecule is COC(=O)c1cccc(CN(c2ccc(-c3ccc(C#N)cc3)cc2)S(=O)O)c1. The fourth-order valence-corrected chi connectivity index (χ4v) is 3.44. The molecule has 0 radical (unpaired) electrons. The van der Waals surface area contributed by atoms with Gasteiger partial charge in [-0.15, -0.1) is 0 Å². The first-order valence-electron chi connectivity index (χ1n) is 8.68. The lowest BCUT2D eigenvalue weighted by molar-refractivity contribution is 0.0600.